The fraction of sp³-hybridized carbons (Fsp3) is 0.389. The number of hydrogen-bond acceptors (Lipinski definition) is 2. The van der Waals surface area contributed by atoms with Gasteiger partial charge in [0.25, 0.3) is 5.56 Å². The van der Waals surface area contributed by atoms with Crippen molar-refractivity contribution in [2.24, 2.45) is 5.92 Å². The van der Waals surface area contributed by atoms with Crippen molar-refractivity contribution in [1.29, 1.82) is 0 Å². The van der Waals surface area contributed by atoms with Gasteiger partial charge in [-0.25, -0.2) is 4.39 Å². The second kappa shape index (κ2) is 5.36. The number of halogens is 1. The Kier molecular flexibility index (Phi) is 3.34. The van der Waals surface area contributed by atoms with Gasteiger partial charge in [0.2, 0.25) is 0 Å². The van der Waals surface area contributed by atoms with Crippen molar-refractivity contribution in [2.45, 2.75) is 24.8 Å². The van der Waals surface area contributed by atoms with Crippen LogP contribution >= 0.6 is 0 Å². The van der Waals surface area contributed by atoms with Crippen LogP contribution in [0.1, 0.15) is 29.6 Å². The third-order valence-corrected chi connectivity index (χ3v) is 5.03. The summed E-state index contributed by atoms with van der Waals surface area (Å²) in [5, 5.41) is 3.48. The molecule has 0 aliphatic carbocycles. The minimum absolute atomic E-state index is 0.0653. The summed E-state index contributed by atoms with van der Waals surface area (Å²) in [5.74, 6) is 0.625. The number of hydrogen-bond donors (Lipinski definition) is 1. The van der Waals surface area contributed by atoms with Crippen LogP contribution in [0, 0.1) is 11.7 Å². The van der Waals surface area contributed by atoms with Gasteiger partial charge < -0.3 is 9.88 Å². The Morgan fingerprint density at radius 1 is 1.18 bits per heavy atom. The van der Waals surface area contributed by atoms with E-state index in [1.165, 1.54) is 6.07 Å². The molecule has 3 nitrogen and oxygen atoms in total. The standard InChI is InChI=1S/C18H19FN2O/c19-15-4-1-3-12(7-15)8-17-14-9-13(10-20-11-14)16-5-2-6-18(22)21(16)17/h1-7,13-14,17,20H,8-11H2/t13?,14?,17-/m0/s1. The van der Waals surface area contributed by atoms with E-state index in [1.54, 1.807) is 18.2 Å². The Labute approximate surface area is 128 Å². The molecule has 1 aromatic heterocycles. The van der Waals surface area contributed by atoms with Crippen molar-refractivity contribution in [1.82, 2.24) is 9.88 Å². The summed E-state index contributed by atoms with van der Waals surface area (Å²) in [4.78, 5) is 12.4. The Bertz CT molecular complexity index is 755. The van der Waals surface area contributed by atoms with Crippen LogP contribution in [0.4, 0.5) is 4.39 Å². The lowest BCUT2D eigenvalue weighted by Crippen LogP contribution is -2.48. The van der Waals surface area contributed by atoms with Gasteiger partial charge in [-0.15, -0.1) is 0 Å². The van der Waals surface area contributed by atoms with E-state index in [9.17, 15) is 9.18 Å². The molecule has 4 rings (SSSR count). The molecule has 2 aromatic rings. The molecule has 22 heavy (non-hydrogen) atoms. The smallest absolute Gasteiger partial charge is 0.251 e. The van der Waals surface area contributed by atoms with Crippen LogP contribution in [-0.4, -0.2) is 17.7 Å². The Morgan fingerprint density at radius 2 is 2.05 bits per heavy atom. The molecule has 2 unspecified atom stereocenters. The molecule has 0 amide bonds. The van der Waals surface area contributed by atoms with E-state index in [0.29, 0.717) is 18.3 Å². The van der Waals surface area contributed by atoms with Crippen molar-refractivity contribution in [3.63, 3.8) is 0 Å². The Hall–Kier alpha value is -1.94. The van der Waals surface area contributed by atoms with Gasteiger partial charge in [-0.1, -0.05) is 18.2 Å². The third kappa shape index (κ3) is 2.28. The predicted octanol–water partition coefficient (Wildman–Crippen LogP) is 2.48. The average Bonchev–Trinajstić information content (AvgIpc) is 2.52. The molecule has 3 atom stereocenters. The van der Waals surface area contributed by atoms with Crippen molar-refractivity contribution in [2.75, 3.05) is 13.1 Å². The lowest BCUT2D eigenvalue weighted by Gasteiger charge is -2.43. The van der Waals surface area contributed by atoms with E-state index in [2.05, 4.69) is 11.4 Å². The van der Waals surface area contributed by atoms with Gasteiger partial charge in [-0.2, -0.15) is 0 Å². The summed E-state index contributed by atoms with van der Waals surface area (Å²) in [6, 6.07) is 12.4. The number of nitrogens with one attached hydrogen (secondary N) is 1. The topological polar surface area (TPSA) is 34.0 Å². The van der Waals surface area contributed by atoms with Gasteiger partial charge in [-0.3, -0.25) is 4.79 Å². The second-order valence-electron chi connectivity index (χ2n) is 6.41. The summed E-state index contributed by atoms with van der Waals surface area (Å²) in [5.41, 5.74) is 2.14. The maximum absolute atomic E-state index is 13.5. The van der Waals surface area contributed by atoms with Crippen LogP contribution < -0.4 is 10.9 Å². The third-order valence-electron chi connectivity index (χ3n) is 5.03. The lowest BCUT2D eigenvalue weighted by molar-refractivity contribution is 0.194. The Balaban J connectivity index is 1.78. The molecule has 1 fully saturated rings. The van der Waals surface area contributed by atoms with Gasteiger partial charge in [-0.05, 0) is 49.1 Å². The zero-order chi connectivity index (χ0) is 15.1. The van der Waals surface area contributed by atoms with Crippen molar-refractivity contribution in [3.05, 3.63) is 69.9 Å². The second-order valence-corrected chi connectivity index (χ2v) is 6.41. The number of pyridine rings is 1. The van der Waals surface area contributed by atoms with Crippen molar-refractivity contribution < 1.29 is 4.39 Å². The predicted molar refractivity (Wildman–Crippen MR) is 83.6 cm³/mol. The zero-order valence-corrected chi connectivity index (χ0v) is 12.3. The van der Waals surface area contributed by atoms with Gasteiger partial charge in [0, 0.05) is 30.3 Å². The van der Waals surface area contributed by atoms with E-state index in [0.717, 1.165) is 30.8 Å². The Morgan fingerprint density at radius 3 is 2.91 bits per heavy atom. The number of fused-ring (bicyclic) bond motifs is 4. The molecule has 114 valence electrons. The van der Waals surface area contributed by atoms with Crippen LogP contribution in [-0.2, 0) is 6.42 Å². The van der Waals surface area contributed by atoms with Crippen molar-refractivity contribution >= 4 is 0 Å². The first kappa shape index (κ1) is 13.7. The number of aromatic nitrogens is 1. The van der Waals surface area contributed by atoms with Crippen molar-refractivity contribution in [3.8, 4) is 0 Å². The summed E-state index contributed by atoms with van der Waals surface area (Å²) >= 11 is 0. The average molecular weight is 298 g/mol. The summed E-state index contributed by atoms with van der Waals surface area (Å²) in [6.45, 7) is 1.86. The summed E-state index contributed by atoms with van der Waals surface area (Å²) in [6.07, 6.45) is 1.81. The fourth-order valence-corrected chi connectivity index (χ4v) is 4.07. The zero-order valence-electron chi connectivity index (χ0n) is 12.3. The van der Waals surface area contributed by atoms with Crippen LogP contribution in [0.15, 0.2) is 47.3 Å². The molecule has 0 radical (unpaired) electrons. The molecule has 2 aliphatic heterocycles. The molecule has 4 heteroatoms. The van der Waals surface area contributed by atoms with E-state index < -0.39 is 0 Å². The molecule has 0 spiro atoms. The minimum atomic E-state index is -0.214. The van der Waals surface area contributed by atoms with E-state index in [-0.39, 0.29) is 17.4 Å². The highest BCUT2D eigenvalue weighted by molar-refractivity contribution is 5.22. The molecule has 1 N–H and O–H groups in total. The van der Waals surface area contributed by atoms with Gasteiger partial charge >= 0.3 is 0 Å². The van der Waals surface area contributed by atoms with Gasteiger partial charge in [0.05, 0.1) is 0 Å². The van der Waals surface area contributed by atoms with Crippen LogP contribution in [0.25, 0.3) is 0 Å². The van der Waals surface area contributed by atoms with E-state index in [1.807, 2.05) is 16.7 Å². The number of benzene rings is 1. The quantitative estimate of drug-likeness (QED) is 0.924. The van der Waals surface area contributed by atoms with Crippen LogP contribution in [0.2, 0.25) is 0 Å². The molecule has 2 bridgehead atoms. The number of rotatable bonds is 2. The molecular formula is C18H19FN2O. The summed E-state index contributed by atoms with van der Waals surface area (Å²) in [7, 11) is 0. The monoisotopic (exact) mass is 298 g/mol. The van der Waals surface area contributed by atoms with Gasteiger partial charge in [0.1, 0.15) is 5.82 Å². The molecule has 1 saturated heterocycles. The first-order valence-electron chi connectivity index (χ1n) is 7.89. The van der Waals surface area contributed by atoms with E-state index in [4.69, 9.17) is 0 Å². The van der Waals surface area contributed by atoms with Gasteiger partial charge in [0.15, 0.2) is 0 Å². The molecule has 2 aliphatic rings. The van der Waals surface area contributed by atoms with Crippen LogP contribution in [0.5, 0.6) is 0 Å². The molecule has 3 heterocycles. The normalized spacial score (nSPS) is 26.5. The highest BCUT2D eigenvalue weighted by Gasteiger charge is 2.37. The number of piperidine rings is 1. The maximum Gasteiger partial charge on any atom is 0.251 e. The first-order valence-corrected chi connectivity index (χ1v) is 7.89. The molecular weight excluding hydrogens is 279 g/mol. The maximum atomic E-state index is 13.5. The fourth-order valence-electron chi connectivity index (χ4n) is 4.07. The largest absolute Gasteiger partial charge is 0.316 e. The minimum Gasteiger partial charge on any atom is -0.316 e. The molecule has 1 aromatic carbocycles. The highest BCUT2D eigenvalue weighted by Crippen LogP contribution is 2.39. The van der Waals surface area contributed by atoms with E-state index >= 15 is 0 Å². The number of nitrogens with zero attached hydrogens (tertiary/aromatic N) is 1. The summed E-state index contributed by atoms with van der Waals surface area (Å²) < 4.78 is 15.4. The SMILES string of the molecule is O=c1cccc2n1[C@@H](Cc1cccc(F)c1)C1CNCC2C1. The lowest BCUT2D eigenvalue weighted by atomic mass is 9.77. The first-order chi connectivity index (χ1) is 10.7. The van der Waals surface area contributed by atoms with Crippen LogP contribution in [0.3, 0.4) is 0 Å². The molecule has 0 saturated carbocycles. The highest BCUT2D eigenvalue weighted by atomic mass is 19.1.